The van der Waals surface area contributed by atoms with Crippen molar-refractivity contribution in [2.75, 3.05) is 12.4 Å². The molecule has 0 saturated carbocycles. The Bertz CT molecular complexity index is 890. The van der Waals surface area contributed by atoms with Crippen LogP contribution in [0, 0.1) is 0 Å². The summed E-state index contributed by atoms with van der Waals surface area (Å²) in [5.41, 5.74) is 2.05. The summed E-state index contributed by atoms with van der Waals surface area (Å²) in [6.07, 6.45) is 0. The van der Waals surface area contributed by atoms with Crippen LogP contribution >= 0.6 is 11.3 Å². The van der Waals surface area contributed by atoms with E-state index in [1.807, 2.05) is 35.7 Å². The molecule has 2 N–H and O–H groups in total. The maximum Gasteiger partial charge on any atom is 0.265 e. The Morgan fingerprint density at radius 1 is 1.00 bits per heavy atom. The standard InChI is InChI=1S/C20H18N2O3S/c1-25-17-9-7-14(8-10-17)13-21-19(23)15-4-2-5-16(12-15)22-20(24)18-6-3-11-26-18/h2-12H,13H2,1H3,(H,21,23)(H,22,24). The van der Waals surface area contributed by atoms with Gasteiger partial charge in [0.15, 0.2) is 0 Å². The molecule has 3 rings (SSSR count). The average molecular weight is 366 g/mol. The number of anilines is 1. The van der Waals surface area contributed by atoms with E-state index in [9.17, 15) is 9.59 Å². The Morgan fingerprint density at radius 2 is 1.81 bits per heavy atom. The molecule has 1 heterocycles. The Hall–Kier alpha value is -3.12. The summed E-state index contributed by atoms with van der Waals surface area (Å²) < 4.78 is 5.11. The van der Waals surface area contributed by atoms with Crippen LogP contribution in [0.15, 0.2) is 66.0 Å². The molecule has 3 aromatic rings. The number of carbonyl (C=O) groups is 2. The van der Waals surface area contributed by atoms with Gasteiger partial charge in [-0.3, -0.25) is 9.59 Å². The molecule has 5 nitrogen and oxygen atoms in total. The molecule has 2 amide bonds. The van der Waals surface area contributed by atoms with Crippen molar-refractivity contribution in [1.29, 1.82) is 0 Å². The number of methoxy groups -OCH3 is 1. The smallest absolute Gasteiger partial charge is 0.265 e. The van der Waals surface area contributed by atoms with E-state index in [-0.39, 0.29) is 11.8 Å². The van der Waals surface area contributed by atoms with Crippen molar-refractivity contribution in [2.24, 2.45) is 0 Å². The van der Waals surface area contributed by atoms with Crippen LogP contribution in [0.2, 0.25) is 0 Å². The number of hydrogen-bond donors (Lipinski definition) is 2. The van der Waals surface area contributed by atoms with Crippen LogP contribution < -0.4 is 15.4 Å². The van der Waals surface area contributed by atoms with E-state index in [1.165, 1.54) is 11.3 Å². The topological polar surface area (TPSA) is 67.4 Å². The van der Waals surface area contributed by atoms with Crippen molar-refractivity contribution >= 4 is 28.8 Å². The van der Waals surface area contributed by atoms with Gasteiger partial charge >= 0.3 is 0 Å². The Morgan fingerprint density at radius 3 is 2.50 bits per heavy atom. The first-order valence-corrected chi connectivity index (χ1v) is 8.90. The fraction of sp³-hybridized carbons (Fsp3) is 0.100. The molecule has 2 aromatic carbocycles. The second-order valence-corrected chi connectivity index (χ2v) is 6.49. The van der Waals surface area contributed by atoms with Gasteiger partial charge in [-0.05, 0) is 47.3 Å². The lowest BCUT2D eigenvalue weighted by atomic mass is 10.1. The van der Waals surface area contributed by atoms with Crippen LogP contribution in [0.3, 0.4) is 0 Å². The number of hydrogen-bond acceptors (Lipinski definition) is 4. The quantitative estimate of drug-likeness (QED) is 0.694. The second-order valence-electron chi connectivity index (χ2n) is 5.54. The van der Waals surface area contributed by atoms with Crippen molar-refractivity contribution < 1.29 is 14.3 Å². The zero-order chi connectivity index (χ0) is 18.4. The molecule has 0 fully saturated rings. The average Bonchev–Trinajstić information content (AvgIpc) is 3.22. The minimum Gasteiger partial charge on any atom is -0.497 e. The lowest BCUT2D eigenvalue weighted by Gasteiger charge is -2.08. The minimum atomic E-state index is -0.201. The van der Waals surface area contributed by atoms with E-state index in [0.717, 1.165) is 11.3 Å². The molecule has 1 aromatic heterocycles. The van der Waals surface area contributed by atoms with Gasteiger partial charge in [0.05, 0.1) is 12.0 Å². The summed E-state index contributed by atoms with van der Waals surface area (Å²) in [6.45, 7) is 0.411. The molecular weight excluding hydrogens is 348 g/mol. The van der Waals surface area contributed by atoms with Crippen LogP contribution in [0.25, 0.3) is 0 Å². The molecule has 0 unspecified atom stereocenters. The monoisotopic (exact) mass is 366 g/mol. The number of rotatable bonds is 6. The summed E-state index contributed by atoms with van der Waals surface area (Å²) in [5, 5.41) is 7.52. The highest BCUT2D eigenvalue weighted by atomic mass is 32.1. The molecule has 0 atom stereocenters. The SMILES string of the molecule is COc1ccc(CNC(=O)c2cccc(NC(=O)c3cccs3)c2)cc1. The molecule has 0 radical (unpaired) electrons. The summed E-state index contributed by atoms with van der Waals surface area (Å²) in [4.78, 5) is 25.1. The number of carbonyl (C=O) groups excluding carboxylic acids is 2. The Balaban J connectivity index is 1.61. The highest BCUT2D eigenvalue weighted by Gasteiger charge is 2.10. The summed E-state index contributed by atoms with van der Waals surface area (Å²) in [5.74, 6) is 0.387. The first-order valence-electron chi connectivity index (χ1n) is 8.02. The van der Waals surface area contributed by atoms with Crippen molar-refractivity contribution in [3.8, 4) is 5.75 Å². The predicted octanol–water partition coefficient (Wildman–Crippen LogP) is 3.94. The molecule has 26 heavy (non-hydrogen) atoms. The molecule has 0 aliphatic carbocycles. The van der Waals surface area contributed by atoms with Gasteiger partial charge in [0.25, 0.3) is 11.8 Å². The fourth-order valence-electron chi connectivity index (χ4n) is 2.37. The van der Waals surface area contributed by atoms with Gasteiger partial charge in [-0.25, -0.2) is 0 Å². The van der Waals surface area contributed by atoms with E-state index in [1.54, 1.807) is 37.4 Å². The van der Waals surface area contributed by atoms with E-state index < -0.39 is 0 Å². The van der Waals surface area contributed by atoms with Gasteiger partial charge in [-0.1, -0.05) is 24.3 Å². The molecule has 132 valence electrons. The molecule has 0 bridgehead atoms. The number of nitrogens with one attached hydrogen (secondary N) is 2. The van der Waals surface area contributed by atoms with E-state index in [4.69, 9.17) is 4.74 Å². The predicted molar refractivity (Wildman–Crippen MR) is 103 cm³/mol. The lowest BCUT2D eigenvalue weighted by molar-refractivity contribution is 0.0949. The molecular formula is C20H18N2O3S. The molecule has 0 aliphatic heterocycles. The van der Waals surface area contributed by atoms with Gasteiger partial charge in [-0.2, -0.15) is 0 Å². The van der Waals surface area contributed by atoms with Crippen molar-refractivity contribution in [3.05, 3.63) is 82.0 Å². The van der Waals surface area contributed by atoms with Crippen LogP contribution in [-0.4, -0.2) is 18.9 Å². The third-order valence-corrected chi connectivity index (χ3v) is 4.61. The zero-order valence-corrected chi connectivity index (χ0v) is 15.0. The minimum absolute atomic E-state index is 0.184. The number of thiophene rings is 1. The highest BCUT2D eigenvalue weighted by molar-refractivity contribution is 7.12. The number of ether oxygens (including phenoxy) is 1. The van der Waals surface area contributed by atoms with Gasteiger partial charge in [0, 0.05) is 17.8 Å². The van der Waals surface area contributed by atoms with Crippen molar-refractivity contribution in [3.63, 3.8) is 0 Å². The molecule has 0 aliphatic rings. The molecule has 0 spiro atoms. The summed E-state index contributed by atoms with van der Waals surface area (Å²) in [6, 6.07) is 17.9. The lowest BCUT2D eigenvalue weighted by Crippen LogP contribution is -2.23. The van der Waals surface area contributed by atoms with Gasteiger partial charge in [0.1, 0.15) is 5.75 Å². The fourth-order valence-corrected chi connectivity index (χ4v) is 2.99. The zero-order valence-electron chi connectivity index (χ0n) is 14.2. The van der Waals surface area contributed by atoms with Gasteiger partial charge < -0.3 is 15.4 Å². The normalized spacial score (nSPS) is 10.2. The van der Waals surface area contributed by atoms with Crippen LogP contribution in [0.1, 0.15) is 25.6 Å². The number of benzene rings is 2. The first-order chi connectivity index (χ1) is 12.7. The van der Waals surface area contributed by atoms with Crippen LogP contribution in [-0.2, 0) is 6.54 Å². The third-order valence-electron chi connectivity index (χ3n) is 3.74. The third kappa shape index (κ3) is 4.49. The van der Waals surface area contributed by atoms with Crippen molar-refractivity contribution in [1.82, 2.24) is 5.32 Å². The molecule has 0 saturated heterocycles. The van der Waals surface area contributed by atoms with Crippen LogP contribution in [0.5, 0.6) is 5.75 Å². The van der Waals surface area contributed by atoms with Crippen LogP contribution in [0.4, 0.5) is 5.69 Å². The van der Waals surface area contributed by atoms with E-state index >= 15 is 0 Å². The Labute approximate surface area is 155 Å². The Kier molecular flexibility index (Phi) is 5.66. The molecule has 6 heteroatoms. The summed E-state index contributed by atoms with van der Waals surface area (Å²) in [7, 11) is 1.61. The number of amides is 2. The summed E-state index contributed by atoms with van der Waals surface area (Å²) >= 11 is 1.37. The maximum atomic E-state index is 12.4. The van der Waals surface area contributed by atoms with Gasteiger partial charge in [0.2, 0.25) is 0 Å². The maximum absolute atomic E-state index is 12.4. The van der Waals surface area contributed by atoms with E-state index in [2.05, 4.69) is 10.6 Å². The first kappa shape index (κ1) is 17.7. The largest absolute Gasteiger partial charge is 0.497 e. The second kappa shape index (κ2) is 8.31. The van der Waals surface area contributed by atoms with E-state index in [0.29, 0.717) is 22.7 Å². The van der Waals surface area contributed by atoms with Gasteiger partial charge in [-0.15, -0.1) is 11.3 Å². The highest BCUT2D eigenvalue weighted by Crippen LogP contribution is 2.15. The van der Waals surface area contributed by atoms with Crippen molar-refractivity contribution in [2.45, 2.75) is 6.54 Å².